The third-order valence-corrected chi connectivity index (χ3v) is 5.81. The normalized spacial score (nSPS) is 18.3. The molecule has 0 unspecified atom stereocenters. The van der Waals surface area contributed by atoms with Crippen LogP contribution >= 0.6 is 0 Å². The third-order valence-electron chi connectivity index (χ3n) is 5.81. The van der Waals surface area contributed by atoms with E-state index in [0.717, 1.165) is 5.56 Å². The zero-order valence-electron chi connectivity index (χ0n) is 16.2. The molecule has 3 rings (SSSR count). The largest absolute Gasteiger partial charge is 0.392 e. The molecule has 0 amide bonds. The summed E-state index contributed by atoms with van der Waals surface area (Å²) < 4.78 is 0. The molecule has 0 aromatic heterocycles. The van der Waals surface area contributed by atoms with Gasteiger partial charge in [0.1, 0.15) is 0 Å². The standard InChI is InChI=1S/C24H30O/c1-17-14-21-22(24(4,5)12-11-23(21,2)3)16-20(17)19-10-6-8-18(15-19)9-7-13-25/h6-10,14-16,25H,11-13H2,1-5H3/b9-7+. The molecule has 1 aliphatic rings. The highest BCUT2D eigenvalue weighted by atomic mass is 16.2. The minimum Gasteiger partial charge on any atom is -0.392 e. The summed E-state index contributed by atoms with van der Waals surface area (Å²) in [7, 11) is 0. The van der Waals surface area contributed by atoms with Gasteiger partial charge in [-0.2, -0.15) is 0 Å². The maximum Gasteiger partial charge on any atom is 0.0615 e. The molecule has 2 aromatic carbocycles. The Bertz CT molecular complexity index is 809. The van der Waals surface area contributed by atoms with E-state index in [1.54, 1.807) is 6.08 Å². The van der Waals surface area contributed by atoms with Gasteiger partial charge in [0.2, 0.25) is 0 Å². The first-order chi connectivity index (χ1) is 11.7. The van der Waals surface area contributed by atoms with E-state index in [0.29, 0.717) is 0 Å². The first-order valence-electron chi connectivity index (χ1n) is 9.28. The van der Waals surface area contributed by atoms with Crippen molar-refractivity contribution >= 4 is 6.08 Å². The van der Waals surface area contributed by atoms with Crippen molar-refractivity contribution in [3.8, 4) is 11.1 Å². The topological polar surface area (TPSA) is 20.2 Å². The van der Waals surface area contributed by atoms with Crippen molar-refractivity contribution in [3.05, 3.63) is 64.7 Å². The van der Waals surface area contributed by atoms with Crippen molar-refractivity contribution in [3.63, 3.8) is 0 Å². The number of benzene rings is 2. The van der Waals surface area contributed by atoms with E-state index in [1.807, 2.05) is 6.08 Å². The second-order valence-electron chi connectivity index (χ2n) is 8.69. The molecule has 132 valence electrons. The Balaban J connectivity index is 2.15. The Hall–Kier alpha value is -1.86. The van der Waals surface area contributed by atoms with Crippen molar-refractivity contribution in [1.29, 1.82) is 0 Å². The first kappa shape index (κ1) is 17.9. The number of aryl methyl sites for hydroxylation is 1. The lowest BCUT2D eigenvalue weighted by Crippen LogP contribution is -2.34. The summed E-state index contributed by atoms with van der Waals surface area (Å²) in [6.07, 6.45) is 6.23. The Morgan fingerprint density at radius 3 is 2.24 bits per heavy atom. The molecule has 0 saturated carbocycles. The Kier molecular flexibility index (Phi) is 4.64. The van der Waals surface area contributed by atoms with E-state index in [1.165, 1.54) is 40.7 Å². The number of aliphatic hydroxyl groups is 1. The molecule has 25 heavy (non-hydrogen) atoms. The summed E-state index contributed by atoms with van der Waals surface area (Å²) in [4.78, 5) is 0. The van der Waals surface area contributed by atoms with E-state index in [4.69, 9.17) is 5.11 Å². The monoisotopic (exact) mass is 334 g/mol. The van der Waals surface area contributed by atoms with Gasteiger partial charge in [-0.3, -0.25) is 0 Å². The molecule has 0 bridgehead atoms. The molecule has 0 heterocycles. The zero-order chi connectivity index (χ0) is 18.2. The quantitative estimate of drug-likeness (QED) is 0.728. The van der Waals surface area contributed by atoms with Crippen molar-refractivity contribution in [2.75, 3.05) is 6.61 Å². The minimum absolute atomic E-state index is 0.0748. The Morgan fingerprint density at radius 1 is 0.960 bits per heavy atom. The Labute approximate surface area is 152 Å². The second-order valence-corrected chi connectivity index (χ2v) is 8.69. The van der Waals surface area contributed by atoms with Gasteiger partial charge in [-0.15, -0.1) is 0 Å². The average molecular weight is 335 g/mol. The summed E-state index contributed by atoms with van der Waals surface area (Å²) in [6.45, 7) is 11.8. The van der Waals surface area contributed by atoms with Crippen LogP contribution in [0, 0.1) is 6.92 Å². The van der Waals surface area contributed by atoms with Crippen molar-refractivity contribution in [1.82, 2.24) is 0 Å². The van der Waals surface area contributed by atoms with Crippen LogP contribution in [0.2, 0.25) is 0 Å². The molecule has 0 aliphatic heterocycles. The van der Waals surface area contributed by atoms with Crippen molar-refractivity contribution in [2.24, 2.45) is 0 Å². The van der Waals surface area contributed by atoms with E-state index < -0.39 is 0 Å². The van der Waals surface area contributed by atoms with Crippen LogP contribution in [-0.2, 0) is 10.8 Å². The summed E-state index contributed by atoms with van der Waals surface area (Å²) in [5, 5.41) is 9.01. The first-order valence-corrected chi connectivity index (χ1v) is 9.28. The van der Waals surface area contributed by atoms with E-state index >= 15 is 0 Å². The lowest BCUT2D eigenvalue weighted by molar-refractivity contribution is 0.332. The molecular formula is C24H30O. The molecule has 1 N–H and O–H groups in total. The molecule has 1 nitrogen and oxygen atoms in total. The Morgan fingerprint density at radius 2 is 1.60 bits per heavy atom. The average Bonchev–Trinajstić information content (AvgIpc) is 2.57. The third kappa shape index (κ3) is 3.43. The van der Waals surface area contributed by atoms with Gasteiger partial charge in [0.25, 0.3) is 0 Å². The van der Waals surface area contributed by atoms with Crippen LogP contribution in [0.3, 0.4) is 0 Å². The van der Waals surface area contributed by atoms with Gasteiger partial charge in [-0.05, 0) is 70.0 Å². The molecule has 0 radical (unpaired) electrons. The summed E-state index contributed by atoms with van der Waals surface area (Å²) in [5.74, 6) is 0. The van der Waals surface area contributed by atoms with Crippen LogP contribution in [0.1, 0.15) is 62.8 Å². The predicted molar refractivity (Wildman–Crippen MR) is 108 cm³/mol. The van der Waals surface area contributed by atoms with E-state index in [-0.39, 0.29) is 17.4 Å². The molecule has 2 aromatic rings. The van der Waals surface area contributed by atoms with E-state index in [9.17, 15) is 0 Å². The van der Waals surface area contributed by atoms with Gasteiger partial charge in [0.15, 0.2) is 0 Å². The molecule has 0 spiro atoms. The number of rotatable bonds is 3. The summed E-state index contributed by atoms with van der Waals surface area (Å²) >= 11 is 0. The lowest BCUT2D eigenvalue weighted by atomic mass is 9.62. The molecular weight excluding hydrogens is 304 g/mol. The fraction of sp³-hybridized carbons (Fsp3) is 0.417. The van der Waals surface area contributed by atoms with Crippen LogP contribution in [0.25, 0.3) is 17.2 Å². The molecule has 0 atom stereocenters. The SMILES string of the molecule is Cc1cc2c(cc1-c1cccc(/C=C/CO)c1)C(C)(C)CCC2(C)C. The van der Waals surface area contributed by atoms with Crippen LogP contribution in [0.5, 0.6) is 0 Å². The highest BCUT2D eigenvalue weighted by Gasteiger charge is 2.37. The van der Waals surface area contributed by atoms with Gasteiger partial charge in [-0.1, -0.05) is 70.2 Å². The van der Waals surface area contributed by atoms with Crippen LogP contribution in [-0.4, -0.2) is 11.7 Å². The minimum atomic E-state index is 0.0748. The molecule has 0 saturated heterocycles. The maximum absolute atomic E-state index is 9.01. The van der Waals surface area contributed by atoms with Gasteiger partial charge in [0.05, 0.1) is 6.61 Å². The number of hydrogen-bond donors (Lipinski definition) is 1. The van der Waals surface area contributed by atoms with E-state index in [2.05, 4.69) is 71.0 Å². The van der Waals surface area contributed by atoms with Gasteiger partial charge < -0.3 is 5.11 Å². The van der Waals surface area contributed by atoms with Crippen molar-refractivity contribution in [2.45, 2.75) is 58.3 Å². The number of aliphatic hydroxyl groups excluding tert-OH is 1. The molecule has 0 fully saturated rings. The fourth-order valence-corrected chi connectivity index (χ4v) is 4.03. The van der Waals surface area contributed by atoms with Gasteiger partial charge in [0, 0.05) is 0 Å². The van der Waals surface area contributed by atoms with Crippen LogP contribution < -0.4 is 0 Å². The second kappa shape index (κ2) is 6.46. The summed E-state index contributed by atoms with van der Waals surface area (Å²) in [5.41, 5.74) is 8.53. The zero-order valence-corrected chi connectivity index (χ0v) is 16.2. The summed E-state index contributed by atoms with van der Waals surface area (Å²) in [6, 6.07) is 13.4. The molecule has 1 heteroatoms. The van der Waals surface area contributed by atoms with Gasteiger partial charge in [-0.25, -0.2) is 0 Å². The fourth-order valence-electron chi connectivity index (χ4n) is 4.03. The smallest absolute Gasteiger partial charge is 0.0615 e. The number of fused-ring (bicyclic) bond motifs is 1. The van der Waals surface area contributed by atoms with Crippen LogP contribution in [0.4, 0.5) is 0 Å². The highest BCUT2D eigenvalue weighted by Crippen LogP contribution is 2.47. The number of hydrogen-bond acceptors (Lipinski definition) is 1. The van der Waals surface area contributed by atoms with Gasteiger partial charge >= 0.3 is 0 Å². The predicted octanol–water partition coefficient (Wildman–Crippen LogP) is 6.02. The van der Waals surface area contributed by atoms with Crippen molar-refractivity contribution < 1.29 is 5.11 Å². The maximum atomic E-state index is 9.01. The lowest BCUT2D eigenvalue weighted by Gasteiger charge is -2.42. The highest BCUT2D eigenvalue weighted by molar-refractivity contribution is 5.72. The van der Waals surface area contributed by atoms with Crippen LogP contribution in [0.15, 0.2) is 42.5 Å². The molecule has 1 aliphatic carbocycles.